The van der Waals surface area contributed by atoms with Gasteiger partial charge in [0, 0.05) is 16.2 Å². The van der Waals surface area contributed by atoms with Crippen molar-refractivity contribution in [2.45, 2.75) is 11.9 Å². The summed E-state index contributed by atoms with van der Waals surface area (Å²) in [5.41, 5.74) is 0.772. The van der Waals surface area contributed by atoms with Crippen molar-refractivity contribution in [2.24, 2.45) is 0 Å². The van der Waals surface area contributed by atoms with Gasteiger partial charge in [-0.15, -0.1) is 0 Å². The second kappa shape index (κ2) is 12.4. The molecular weight excluding hydrogens is 436 g/mol. The Morgan fingerprint density at radius 1 is 0.926 bits per heavy atom. The average molecular weight is 445 g/mol. The molecule has 0 saturated heterocycles. The van der Waals surface area contributed by atoms with E-state index >= 15 is 0 Å². The molecule has 0 bridgehead atoms. The van der Waals surface area contributed by atoms with Gasteiger partial charge in [-0.25, -0.2) is 9.67 Å². The number of hydrogen-bond donors (Lipinski definition) is 0. The number of aromatic nitrogens is 3. The second-order valence-electron chi connectivity index (χ2n) is 4.98. The van der Waals surface area contributed by atoms with E-state index < -0.39 is 27.1 Å². The first-order chi connectivity index (χ1) is 10.7. The average Bonchev–Trinajstić information content (AvgIpc) is 2.82. The Bertz CT molecular complexity index is 970. The van der Waals surface area contributed by atoms with Crippen LogP contribution in [0.4, 0.5) is 0 Å². The molecule has 3 aromatic rings. The van der Waals surface area contributed by atoms with E-state index in [9.17, 15) is 28.7 Å². The molecule has 122 valence electrons. The van der Waals surface area contributed by atoms with Gasteiger partial charge in [-0.3, -0.25) is 0 Å². The first kappa shape index (κ1) is 31.6. The Morgan fingerprint density at radius 3 is 2.04 bits per heavy atom. The summed E-state index contributed by atoms with van der Waals surface area (Å²) >= 11 is 0. The van der Waals surface area contributed by atoms with Gasteiger partial charge in [-0.1, -0.05) is 33.4 Å². The molecule has 0 unspecified atom stereocenters. The molecule has 2 aromatic heterocycles. The molecule has 0 N–H and O–H groups in total. The summed E-state index contributed by atoms with van der Waals surface area (Å²) in [6.07, 6.45) is 1.35. The molecule has 0 amide bonds. The molecule has 0 aliphatic heterocycles. The van der Waals surface area contributed by atoms with Gasteiger partial charge in [0.15, 0.2) is 5.65 Å². The van der Waals surface area contributed by atoms with Crippen molar-refractivity contribution in [1.82, 2.24) is 14.8 Å². The zero-order chi connectivity index (χ0) is 16.8. The molecule has 0 fully saturated rings. The molecule has 0 saturated carbocycles. The zero-order valence-electron chi connectivity index (χ0n) is 15.4. The third-order valence-corrected chi connectivity index (χ3v) is 6.86. The molecular formula is C12H9N3Na4O6P2. The molecule has 0 aliphatic carbocycles. The van der Waals surface area contributed by atoms with Crippen LogP contribution in [0.15, 0.2) is 36.5 Å². The second-order valence-corrected chi connectivity index (χ2v) is 8.79. The molecule has 1 aromatic carbocycles. The molecule has 2 heterocycles. The van der Waals surface area contributed by atoms with Crippen LogP contribution in [0.25, 0.3) is 21.9 Å². The van der Waals surface area contributed by atoms with Crippen LogP contribution < -0.4 is 138 Å². The van der Waals surface area contributed by atoms with Crippen molar-refractivity contribution in [1.29, 1.82) is 0 Å². The minimum absolute atomic E-state index is 0. The maximum Gasteiger partial charge on any atom is 1.00 e. The Hall–Kier alpha value is 2.40. The van der Waals surface area contributed by atoms with Crippen LogP contribution in [0.3, 0.4) is 0 Å². The van der Waals surface area contributed by atoms with E-state index in [0.29, 0.717) is 10.9 Å². The number of benzene rings is 1. The minimum Gasteiger partial charge on any atom is -0.810 e. The van der Waals surface area contributed by atoms with Crippen LogP contribution >= 0.6 is 15.2 Å². The number of pyridine rings is 1. The quantitative estimate of drug-likeness (QED) is 0.283. The monoisotopic (exact) mass is 445 g/mol. The summed E-state index contributed by atoms with van der Waals surface area (Å²) in [5, 5.41) is 2.58. The van der Waals surface area contributed by atoms with Gasteiger partial charge in [0.25, 0.3) is 0 Å². The van der Waals surface area contributed by atoms with Gasteiger partial charge < -0.3 is 28.7 Å². The number of nitrogens with zero attached hydrogens (tertiary/aromatic N) is 3. The zero-order valence-corrected chi connectivity index (χ0v) is 25.2. The molecule has 27 heavy (non-hydrogen) atoms. The molecule has 9 nitrogen and oxygen atoms in total. The summed E-state index contributed by atoms with van der Waals surface area (Å²) in [5.74, 6) is 0. The molecule has 15 heteroatoms. The van der Waals surface area contributed by atoms with E-state index in [1.54, 1.807) is 18.2 Å². The van der Waals surface area contributed by atoms with E-state index in [0.717, 1.165) is 10.1 Å². The normalized spacial score (nSPS) is 11.3. The maximum atomic E-state index is 11.1. The number of hydrogen-bond acceptors (Lipinski definition) is 8. The maximum absolute atomic E-state index is 11.1. The van der Waals surface area contributed by atoms with Crippen LogP contribution in [-0.4, -0.2) is 20.2 Å². The smallest absolute Gasteiger partial charge is 0.810 e. The molecule has 0 spiro atoms. The summed E-state index contributed by atoms with van der Waals surface area (Å²) in [4.78, 5) is 48.6. The van der Waals surface area contributed by atoms with Crippen molar-refractivity contribution < 1.29 is 147 Å². The van der Waals surface area contributed by atoms with E-state index in [-0.39, 0.29) is 124 Å². The van der Waals surface area contributed by atoms with Gasteiger partial charge in [0.2, 0.25) is 0 Å². The van der Waals surface area contributed by atoms with Crippen molar-refractivity contribution in [3.05, 3.63) is 36.5 Å². The Morgan fingerprint density at radius 2 is 1.48 bits per heavy atom. The van der Waals surface area contributed by atoms with Gasteiger partial charge in [-0.2, -0.15) is 5.10 Å². The summed E-state index contributed by atoms with van der Waals surface area (Å²) in [7, 11) is -11.3. The Kier molecular flexibility index (Phi) is 14.6. The fraction of sp³-hybridized carbons (Fsp3) is 0.167. The van der Waals surface area contributed by atoms with Crippen molar-refractivity contribution >= 4 is 37.1 Å². The van der Waals surface area contributed by atoms with Gasteiger partial charge >= 0.3 is 118 Å². The summed E-state index contributed by atoms with van der Waals surface area (Å²) in [6, 6.07) is 8.82. The van der Waals surface area contributed by atoms with Crippen molar-refractivity contribution in [3.8, 4) is 0 Å². The SMILES string of the molecule is O=P([O-])([O-])C(Cn1ncc2cc3ccccc3nc21)P(=O)([O-])[O-].[Na+].[Na+].[Na+].[Na+]. The van der Waals surface area contributed by atoms with Crippen LogP contribution in [0.5, 0.6) is 0 Å². The Labute approximate surface area is 243 Å². The van der Waals surface area contributed by atoms with E-state index in [4.69, 9.17) is 0 Å². The summed E-state index contributed by atoms with van der Waals surface area (Å²) in [6.45, 7) is -0.886. The van der Waals surface area contributed by atoms with Crippen LogP contribution in [0.1, 0.15) is 0 Å². The van der Waals surface area contributed by atoms with Crippen molar-refractivity contribution in [2.75, 3.05) is 0 Å². The largest absolute Gasteiger partial charge is 1.00 e. The first-order valence-electron chi connectivity index (χ1n) is 6.41. The van der Waals surface area contributed by atoms with E-state index in [2.05, 4.69) is 10.1 Å². The number of fused-ring (bicyclic) bond motifs is 2. The van der Waals surface area contributed by atoms with Crippen LogP contribution in [-0.2, 0) is 15.7 Å². The van der Waals surface area contributed by atoms with E-state index in [1.165, 1.54) is 6.20 Å². The first-order valence-corrected chi connectivity index (χ1v) is 9.63. The fourth-order valence-electron chi connectivity index (χ4n) is 2.27. The van der Waals surface area contributed by atoms with Crippen LogP contribution in [0, 0.1) is 0 Å². The third-order valence-electron chi connectivity index (χ3n) is 3.38. The molecule has 0 aliphatic rings. The number of rotatable bonds is 4. The summed E-state index contributed by atoms with van der Waals surface area (Å²) < 4.78 is 23.1. The standard InChI is InChI=1S/C12H13N3O6P2.4Na/c16-22(17,18)11(23(19,20)21)7-15-12-9(6-13-15)5-8-3-1-2-4-10(8)14-12;;;;/h1-6,11H,7H2,(H2,16,17,18)(H2,19,20,21);;;;/q;4*+1/p-4. The molecule has 0 radical (unpaired) electrons. The molecule has 0 atom stereocenters. The number of para-hydroxylation sites is 1. The minimum atomic E-state index is -5.64. The predicted molar refractivity (Wildman–Crippen MR) is 74.0 cm³/mol. The topological polar surface area (TPSA) is 157 Å². The third kappa shape index (κ3) is 7.79. The van der Waals surface area contributed by atoms with E-state index in [1.807, 2.05) is 12.1 Å². The predicted octanol–water partition coefficient (Wildman–Crippen LogP) is -13.2. The fourth-order valence-corrected chi connectivity index (χ4v) is 4.37. The molecule has 3 rings (SSSR count). The Balaban J connectivity index is 0. The van der Waals surface area contributed by atoms with Gasteiger partial charge in [-0.05, 0) is 12.1 Å². The van der Waals surface area contributed by atoms with Crippen LogP contribution in [0.2, 0.25) is 0 Å². The van der Waals surface area contributed by atoms with Gasteiger partial charge in [0.05, 0.1) is 18.3 Å². The van der Waals surface area contributed by atoms with Gasteiger partial charge in [0.1, 0.15) is 0 Å². The van der Waals surface area contributed by atoms with Crippen molar-refractivity contribution in [3.63, 3.8) is 0 Å².